The summed E-state index contributed by atoms with van der Waals surface area (Å²) in [5.41, 5.74) is 6.38. The van der Waals surface area contributed by atoms with E-state index in [-0.39, 0.29) is 0 Å². The van der Waals surface area contributed by atoms with Gasteiger partial charge in [-0.3, -0.25) is 0 Å². The Hall–Kier alpha value is -1.62. The Balaban J connectivity index is 2.08. The predicted molar refractivity (Wildman–Crippen MR) is 59.7 cm³/mol. The van der Waals surface area contributed by atoms with Crippen LogP contribution in [0.2, 0.25) is 0 Å². The summed E-state index contributed by atoms with van der Waals surface area (Å²) in [6.45, 7) is 3.63. The highest BCUT2D eigenvalue weighted by atomic mass is 15.2. The summed E-state index contributed by atoms with van der Waals surface area (Å²) in [5.74, 6) is 1.32. The Kier molecular flexibility index (Phi) is 2.82. The van der Waals surface area contributed by atoms with Crippen LogP contribution in [0.3, 0.4) is 0 Å². The monoisotopic (exact) mass is 205 g/mol. The topological polar surface area (TPSA) is 68.2 Å². The van der Waals surface area contributed by atoms with Gasteiger partial charge in [0.15, 0.2) is 5.65 Å². The smallest absolute Gasteiger partial charge is 0.157 e. The first kappa shape index (κ1) is 9.92. The molecule has 2 rings (SSSR count). The molecule has 0 radical (unpaired) electrons. The molecule has 2 aromatic heterocycles. The zero-order valence-corrected chi connectivity index (χ0v) is 8.72. The lowest BCUT2D eigenvalue weighted by molar-refractivity contribution is 0.627. The van der Waals surface area contributed by atoms with E-state index in [2.05, 4.69) is 22.3 Å². The Morgan fingerprint density at radius 3 is 3.20 bits per heavy atom. The summed E-state index contributed by atoms with van der Waals surface area (Å²) < 4.78 is 1.73. The minimum atomic E-state index is 0.452. The van der Waals surface area contributed by atoms with Crippen molar-refractivity contribution in [2.45, 2.75) is 6.92 Å². The molecule has 0 fully saturated rings. The van der Waals surface area contributed by atoms with Gasteiger partial charge in [0.05, 0.1) is 6.20 Å². The molecule has 15 heavy (non-hydrogen) atoms. The third-order valence-electron chi connectivity index (χ3n) is 2.29. The molecule has 0 aliphatic heterocycles. The Morgan fingerprint density at radius 1 is 1.53 bits per heavy atom. The lowest BCUT2D eigenvalue weighted by Crippen LogP contribution is -2.20. The molecule has 0 aliphatic rings. The molecule has 0 saturated carbocycles. The molecule has 0 saturated heterocycles. The van der Waals surface area contributed by atoms with Crippen LogP contribution in [0.15, 0.2) is 24.5 Å². The Morgan fingerprint density at radius 2 is 2.40 bits per heavy atom. The fourth-order valence-electron chi connectivity index (χ4n) is 1.27. The van der Waals surface area contributed by atoms with Gasteiger partial charge in [0.25, 0.3) is 0 Å². The van der Waals surface area contributed by atoms with Crippen LogP contribution in [0.1, 0.15) is 6.92 Å². The summed E-state index contributed by atoms with van der Waals surface area (Å²) >= 11 is 0. The molecule has 1 atom stereocenters. The van der Waals surface area contributed by atoms with Crippen molar-refractivity contribution in [1.29, 1.82) is 0 Å². The van der Waals surface area contributed by atoms with Crippen molar-refractivity contribution in [3.63, 3.8) is 0 Å². The molecule has 0 aromatic carbocycles. The van der Waals surface area contributed by atoms with Crippen LogP contribution in [-0.2, 0) is 0 Å². The molecule has 2 aromatic rings. The normalized spacial score (nSPS) is 12.9. The summed E-state index contributed by atoms with van der Waals surface area (Å²) in [6, 6.07) is 3.78. The van der Waals surface area contributed by atoms with E-state index in [1.165, 1.54) is 0 Å². The number of nitrogens with two attached hydrogens (primary N) is 1. The molecule has 0 bridgehead atoms. The summed E-state index contributed by atoms with van der Waals surface area (Å²) in [5, 5.41) is 7.32. The number of rotatable bonds is 4. The Labute approximate surface area is 88.3 Å². The number of anilines is 1. The second-order valence-electron chi connectivity index (χ2n) is 3.67. The maximum absolute atomic E-state index is 5.54. The lowest BCUT2D eigenvalue weighted by atomic mass is 10.2. The fraction of sp³-hybridized carbons (Fsp3) is 0.400. The molecule has 0 aliphatic carbocycles. The number of aromatic nitrogens is 3. The van der Waals surface area contributed by atoms with E-state index in [1.807, 2.05) is 18.3 Å². The average Bonchev–Trinajstić information content (AvgIpc) is 2.72. The number of fused-ring (bicyclic) bond motifs is 1. The van der Waals surface area contributed by atoms with Crippen molar-refractivity contribution in [2.75, 3.05) is 18.4 Å². The summed E-state index contributed by atoms with van der Waals surface area (Å²) in [7, 11) is 0. The van der Waals surface area contributed by atoms with E-state index < -0.39 is 0 Å². The minimum Gasteiger partial charge on any atom is -0.370 e. The van der Waals surface area contributed by atoms with Gasteiger partial charge in [-0.05, 0) is 18.5 Å². The van der Waals surface area contributed by atoms with Crippen molar-refractivity contribution in [3.05, 3.63) is 24.5 Å². The van der Waals surface area contributed by atoms with Gasteiger partial charge in [-0.1, -0.05) is 6.92 Å². The SMILES string of the molecule is CC(CN)CNc1ccn2nccc2n1. The van der Waals surface area contributed by atoms with Gasteiger partial charge in [0.2, 0.25) is 0 Å². The van der Waals surface area contributed by atoms with Crippen LogP contribution in [0.25, 0.3) is 5.65 Å². The van der Waals surface area contributed by atoms with Crippen LogP contribution in [0.4, 0.5) is 5.82 Å². The molecule has 80 valence electrons. The second kappa shape index (κ2) is 4.27. The Bertz CT molecular complexity index is 436. The lowest BCUT2D eigenvalue weighted by Gasteiger charge is -2.10. The van der Waals surface area contributed by atoms with Crippen molar-refractivity contribution < 1.29 is 0 Å². The predicted octanol–water partition coefficient (Wildman–Crippen LogP) is 0.736. The molecule has 0 amide bonds. The van der Waals surface area contributed by atoms with Crippen LogP contribution in [0, 0.1) is 5.92 Å². The molecule has 1 unspecified atom stereocenters. The van der Waals surface area contributed by atoms with Gasteiger partial charge in [0.1, 0.15) is 5.82 Å². The van der Waals surface area contributed by atoms with E-state index in [4.69, 9.17) is 5.73 Å². The van der Waals surface area contributed by atoms with Gasteiger partial charge in [-0.2, -0.15) is 5.10 Å². The van der Waals surface area contributed by atoms with E-state index in [1.54, 1.807) is 10.7 Å². The largest absolute Gasteiger partial charge is 0.370 e. The molecule has 5 heteroatoms. The highest BCUT2D eigenvalue weighted by Gasteiger charge is 2.01. The number of hydrogen-bond donors (Lipinski definition) is 2. The molecule has 0 spiro atoms. The zero-order valence-electron chi connectivity index (χ0n) is 8.72. The van der Waals surface area contributed by atoms with Gasteiger partial charge in [-0.25, -0.2) is 9.50 Å². The maximum Gasteiger partial charge on any atom is 0.157 e. The van der Waals surface area contributed by atoms with Crippen LogP contribution in [0.5, 0.6) is 0 Å². The van der Waals surface area contributed by atoms with E-state index in [0.29, 0.717) is 12.5 Å². The van der Waals surface area contributed by atoms with E-state index in [0.717, 1.165) is 18.0 Å². The maximum atomic E-state index is 5.54. The highest BCUT2D eigenvalue weighted by Crippen LogP contribution is 2.06. The quantitative estimate of drug-likeness (QED) is 0.772. The van der Waals surface area contributed by atoms with Crippen molar-refractivity contribution in [2.24, 2.45) is 11.7 Å². The van der Waals surface area contributed by atoms with E-state index >= 15 is 0 Å². The number of nitrogens with one attached hydrogen (secondary N) is 1. The van der Waals surface area contributed by atoms with Gasteiger partial charge in [0, 0.05) is 18.8 Å². The van der Waals surface area contributed by atoms with Crippen LogP contribution < -0.4 is 11.1 Å². The van der Waals surface area contributed by atoms with Gasteiger partial charge < -0.3 is 11.1 Å². The van der Waals surface area contributed by atoms with E-state index in [9.17, 15) is 0 Å². The first-order valence-corrected chi connectivity index (χ1v) is 5.04. The standard InChI is InChI=1S/C10H15N5/c1-8(6-11)7-12-9-3-5-15-10(14-9)2-4-13-15/h2-5,8H,6-7,11H2,1H3,(H,12,14). The molecule has 3 N–H and O–H groups in total. The zero-order chi connectivity index (χ0) is 10.7. The van der Waals surface area contributed by atoms with Gasteiger partial charge in [-0.15, -0.1) is 0 Å². The average molecular weight is 205 g/mol. The molecular formula is C10H15N5. The molecule has 2 heterocycles. The van der Waals surface area contributed by atoms with Gasteiger partial charge >= 0.3 is 0 Å². The minimum absolute atomic E-state index is 0.452. The highest BCUT2D eigenvalue weighted by molar-refractivity contribution is 5.45. The third-order valence-corrected chi connectivity index (χ3v) is 2.29. The first-order chi connectivity index (χ1) is 7.29. The van der Waals surface area contributed by atoms with Crippen LogP contribution in [-0.4, -0.2) is 27.7 Å². The van der Waals surface area contributed by atoms with Crippen molar-refractivity contribution in [3.8, 4) is 0 Å². The third kappa shape index (κ3) is 2.24. The van der Waals surface area contributed by atoms with Crippen LogP contribution >= 0.6 is 0 Å². The molecule has 5 nitrogen and oxygen atoms in total. The first-order valence-electron chi connectivity index (χ1n) is 5.04. The summed E-state index contributed by atoms with van der Waals surface area (Å²) in [4.78, 5) is 4.39. The molecular weight excluding hydrogens is 190 g/mol. The number of nitrogens with zero attached hydrogens (tertiary/aromatic N) is 3. The second-order valence-corrected chi connectivity index (χ2v) is 3.67. The van der Waals surface area contributed by atoms with Crippen molar-refractivity contribution in [1.82, 2.24) is 14.6 Å². The fourth-order valence-corrected chi connectivity index (χ4v) is 1.27. The number of hydrogen-bond acceptors (Lipinski definition) is 4. The van der Waals surface area contributed by atoms with Crippen molar-refractivity contribution >= 4 is 11.5 Å². The summed E-state index contributed by atoms with van der Waals surface area (Å²) in [6.07, 6.45) is 3.62.